The molecule has 1 aromatic carbocycles. The molecule has 0 N–H and O–H groups in total. The normalized spacial score (nSPS) is 12.8. The Kier molecular flexibility index (Phi) is 3.79. The molecule has 1 aromatic rings. The van der Waals surface area contributed by atoms with Gasteiger partial charge in [-0.1, -0.05) is 12.1 Å². The molecule has 1 fully saturated rings. The van der Waals surface area contributed by atoms with Crippen molar-refractivity contribution in [2.24, 2.45) is 0 Å². The van der Waals surface area contributed by atoms with Crippen LogP contribution in [0, 0.1) is 0 Å². The van der Waals surface area contributed by atoms with Gasteiger partial charge < -0.3 is 14.4 Å². The molecule has 0 aliphatic carbocycles. The van der Waals surface area contributed by atoms with Crippen LogP contribution in [-0.2, 0) is 14.3 Å². The molecule has 2 rings (SSSR count). The molecule has 0 bridgehead atoms. The highest BCUT2D eigenvalue weighted by Crippen LogP contribution is 2.19. The Hall–Kier alpha value is -2.37. The number of hydrogen-bond donors (Lipinski definition) is 0. The SMILES string of the molecule is CC(=O)Oc1ccccc1C(=O)OCC(=O)N1CC1. The number of ether oxygens (including phenoxy) is 2. The van der Waals surface area contributed by atoms with Gasteiger partial charge in [0, 0.05) is 20.0 Å². The lowest BCUT2D eigenvalue weighted by Gasteiger charge is -2.08. The number of carbonyl (C=O) groups excluding carboxylic acids is 3. The first kappa shape index (κ1) is 13.1. The molecule has 1 amide bonds. The van der Waals surface area contributed by atoms with Crippen molar-refractivity contribution in [2.45, 2.75) is 6.92 Å². The highest BCUT2D eigenvalue weighted by atomic mass is 16.5. The molecule has 1 saturated heterocycles. The van der Waals surface area contributed by atoms with Crippen LogP contribution in [0.15, 0.2) is 24.3 Å². The van der Waals surface area contributed by atoms with E-state index < -0.39 is 11.9 Å². The molecule has 1 heterocycles. The smallest absolute Gasteiger partial charge is 0.342 e. The van der Waals surface area contributed by atoms with Gasteiger partial charge in [0.1, 0.15) is 11.3 Å². The molecule has 0 aromatic heterocycles. The van der Waals surface area contributed by atoms with Gasteiger partial charge in [-0.15, -0.1) is 0 Å². The monoisotopic (exact) mass is 263 g/mol. The number of para-hydroxylation sites is 1. The quantitative estimate of drug-likeness (QED) is 0.452. The molecule has 100 valence electrons. The van der Waals surface area contributed by atoms with Crippen LogP contribution in [-0.4, -0.2) is 42.4 Å². The van der Waals surface area contributed by atoms with Crippen molar-refractivity contribution in [3.63, 3.8) is 0 Å². The largest absolute Gasteiger partial charge is 0.452 e. The minimum absolute atomic E-state index is 0.122. The zero-order chi connectivity index (χ0) is 13.8. The van der Waals surface area contributed by atoms with Crippen LogP contribution >= 0.6 is 0 Å². The number of amides is 1. The maximum atomic E-state index is 11.8. The van der Waals surface area contributed by atoms with Crippen LogP contribution in [0.1, 0.15) is 17.3 Å². The Morgan fingerprint density at radius 1 is 1.21 bits per heavy atom. The molecule has 1 aliphatic heterocycles. The fourth-order valence-electron chi connectivity index (χ4n) is 1.47. The summed E-state index contributed by atoms with van der Waals surface area (Å²) in [4.78, 5) is 35.7. The van der Waals surface area contributed by atoms with Crippen LogP contribution in [0.3, 0.4) is 0 Å². The number of esters is 2. The van der Waals surface area contributed by atoms with Gasteiger partial charge in [-0.25, -0.2) is 4.79 Å². The molecule has 0 atom stereocenters. The van der Waals surface area contributed by atoms with Gasteiger partial charge in [-0.2, -0.15) is 0 Å². The zero-order valence-electron chi connectivity index (χ0n) is 10.4. The van der Waals surface area contributed by atoms with E-state index >= 15 is 0 Å². The van der Waals surface area contributed by atoms with Gasteiger partial charge in [0.2, 0.25) is 0 Å². The summed E-state index contributed by atoms with van der Waals surface area (Å²) in [5, 5.41) is 0. The molecular formula is C13H13NO5. The lowest BCUT2D eigenvalue weighted by atomic mass is 10.2. The fourth-order valence-corrected chi connectivity index (χ4v) is 1.47. The van der Waals surface area contributed by atoms with E-state index in [-0.39, 0.29) is 23.8 Å². The second-order valence-corrected chi connectivity index (χ2v) is 4.05. The fraction of sp³-hybridized carbons (Fsp3) is 0.308. The van der Waals surface area contributed by atoms with Crippen LogP contribution in [0.4, 0.5) is 0 Å². The Balaban J connectivity index is 2.01. The van der Waals surface area contributed by atoms with Gasteiger partial charge >= 0.3 is 11.9 Å². The first-order chi connectivity index (χ1) is 9.08. The Morgan fingerprint density at radius 3 is 2.53 bits per heavy atom. The summed E-state index contributed by atoms with van der Waals surface area (Å²) in [6.45, 7) is 2.36. The summed E-state index contributed by atoms with van der Waals surface area (Å²) in [7, 11) is 0. The molecular weight excluding hydrogens is 250 g/mol. The maximum Gasteiger partial charge on any atom is 0.342 e. The van der Waals surface area contributed by atoms with Crippen LogP contribution in [0.2, 0.25) is 0 Å². The number of benzene rings is 1. The average Bonchev–Trinajstić information content (AvgIpc) is 3.19. The molecule has 6 nitrogen and oxygen atoms in total. The Morgan fingerprint density at radius 2 is 1.89 bits per heavy atom. The van der Waals surface area contributed by atoms with Crippen LogP contribution in [0.25, 0.3) is 0 Å². The first-order valence-electron chi connectivity index (χ1n) is 5.80. The van der Waals surface area contributed by atoms with Crippen molar-refractivity contribution < 1.29 is 23.9 Å². The molecule has 0 saturated carbocycles. The van der Waals surface area contributed by atoms with Crippen molar-refractivity contribution in [2.75, 3.05) is 19.7 Å². The molecule has 0 radical (unpaired) electrons. The second kappa shape index (κ2) is 5.51. The van der Waals surface area contributed by atoms with E-state index in [2.05, 4.69) is 0 Å². The lowest BCUT2D eigenvalue weighted by molar-refractivity contribution is -0.132. The zero-order valence-corrected chi connectivity index (χ0v) is 10.4. The predicted octanol–water partition coefficient (Wildman–Crippen LogP) is 0.611. The predicted molar refractivity (Wildman–Crippen MR) is 64.6 cm³/mol. The average molecular weight is 263 g/mol. The summed E-state index contributed by atoms with van der Waals surface area (Å²) in [6, 6.07) is 6.22. The standard InChI is InChI=1S/C13H13NO5/c1-9(15)19-11-5-3-2-4-10(11)13(17)18-8-12(16)14-6-7-14/h2-5H,6-8H2,1H3. The summed E-state index contributed by atoms with van der Waals surface area (Å²) in [5.74, 6) is -1.31. The first-order valence-corrected chi connectivity index (χ1v) is 5.80. The van der Waals surface area contributed by atoms with E-state index in [1.54, 1.807) is 17.0 Å². The van der Waals surface area contributed by atoms with E-state index in [0.717, 1.165) is 0 Å². The van der Waals surface area contributed by atoms with E-state index in [4.69, 9.17) is 9.47 Å². The number of carbonyl (C=O) groups is 3. The van der Waals surface area contributed by atoms with Crippen molar-refractivity contribution in [3.05, 3.63) is 29.8 Å². The summed E-state index contributed by atoms with van der Waals surface area (Å²) in [6.07, 6.45) is 0. The van der Waals surface area contributed by atoms with Gasteiger partial charge in [-0.05, 0) is 12.1 Å². The topological polar surface area (TPSA) is 72.7 Å². The van der Waals surface area contributed by atoms with Crippen molar-refractivity contribution in [3.8, 4) is 5.75 Å². The number of rotatable bonds is 4. The van der Waals surface area contributed by atoms with Gasteiger partial charge in [-0.3, -0.25) is 9.59 Å². The minimum Gasteiger partial charge on any atom is -0.452 e. The molecule has 0 spiro atoms. The van der Waals surface area contributed by atoms with E-state index in [1.807, 2.05) is 0 Å². The Labute approximate surface area is 109 Å². The number of nitrogens with zero attached hydrogens (tertiary/aromatic N) is 1. The molecule has 0 unspecified atom stereocenters. The maximum absolute atomic E-state index is 11.8. The molecule has 6 heteroatoms. The van der Waals surface area contributed by atoms with E-state index in [9.17, 15) is 14.4 Å². The lowest BCUT2D eigenvalue weighted by Crippen LogP contribution is -2.20. The molecule has 19 heavy (non-hydrogen) atoms. The third-order valence-corrected chi connectivity index (χ3v) is 2.49. The van der Waals surface area contributed by atoms with Crippen molar-refractivity contribution in [1.29, 1.82) is 0 Å². The highest BCUT2D eigenvalue weighted by Gasteiger charge is 2.25. The van der Waals surface area contributed by atoms with Crippen LogP contribution in [0.5, 0.6) is 5.75 Å². The summed E-state index contributed by atoms with van der Waals surface area (Å²) in [5.41, 5.74) is 0.122. The van der Waals surface area contributed by atoms with Crippen molar-refractivity contribution in [1.82, 2.24) is 4.90 Å². The molecule has 1 aliphatic rings. The third kappa shape index (κ3) is 3.54. The van der Waals surface area contributed by atoms with E-state index in [1.165, 1.54) is 19.1 Å². The van der Waals surface area contributed by atoms with Crippen LogP contribution < -0.4 is 4.74 Å². The third-order valence-electron chi connectivity index (χ3n) is 2.49. The van der Waals surface area contributed by atoms with Crippen molar-refractivity contribution >= 4 is 17.8 Å². The summed E-state index contributed by atoms with van der Waals surface area (Å²) >= 11 is 0. The summed E-state index contributed by atoms with van der Waals surface area (Å²) < 4.78 is 9.79. The van der Waals surface area contributed by atoms with Gasteiger partial charge in [0.05, 0.1) is 0 Å². The van der Waals surface area contributed by atoms with Gasteiger partial charge in [0.25, 0.3) is 5.91 Å². The highest BCUT2D eigenvalue weighted by molar-refractivity contribution is 5.94. The van der Waals surface area contributed by atoms with E-state index in [0.29, 0.717) is 13.1 Å². The minimum atomic E-state index is -0.688. The second-order valence-electron chi connectivity index (χ2n) is 4.05. The Bertz CT molecular complexity index is 522. The van der Waals surface area contributed by atoms with Gasteiger partial charge in [0.15, 0.2) is 6.61 Å². The number of hydrogen-bond acceptors (Lipinski definition) is 5.